The van der Waals surface area contributed by atoms with Crippen molar-refractivity contribution in [2.24, 2.45) is 0 Å². The first kappa shape index (κ1) is 19.0. The van der Waals surface area contributed by atoms with E-state index in [9.17, 15) is 0 Å². The molecule has 0 radical (unpaired) electrons. The van der Waals surface area contributed by atoms with Crippen LogP contribution in [0.3, 0.4) is 0 Å². The zero-order valence-corrected chi connectivity index (χ0v) is 16.7. The van der Waals surface area contributed by atoms with Crippen molar-refractivity contribution in [1.29, 1.82) is 0 Å². The van der Waals surface area contributed by atoms with Gasteiger partial charge in [-0.2, -0.15) is 0 Å². The molecule has 0 saturated carbocycles. The fourth-order valence-corrected chi connectivity index (χ4v) is 15.7. The van der Waals surface area contributed by atoms with Gasteiger partial charge in [0.1, 0.15) is 0 Å². The Bertz CT molecular complexity index is 653. The molecule has 4 heteroatoms. The first-order valence-electron chi connectivity index (χ1n) is 6.99. The van der Waals surface area contributed by atoms with Crippen LogP contribution >= 0.6 is 0 Å². The van der Waals surface area contributed by atoms with Crippen molar-refractivity contribution in [1.82, 2.24) is 0 Å². The topological polar surface area (TPSA) is 0 Å². The molecule has 0 amide bonds. The van der Waals surface area contributed by atoms with E-state index in [1.807, 2.05) is 3.88 Å². The van der Waals surface area contributed by atoms with Gasteiger partial charge in [0.05, 0.1) is 0 Å². The van der Waals surface area contributed by atoms with Gasteiger partial charge in [-0.1, -0.05) is 0 Å². The van der Waals surface area contributed by atoms with E-state index in [2.05, 4.69) is 68.6 Å². The summed E-state index contributed by atoms with van der Waals surface area (Å²) in [5.74, 6) is 0. The Hall–Kier alpha value is -0.0488. The average Bonchev–Trinajstić information content (AvgIpc) is 2.98. The smallest absolute Gasteiger partial charge is 1.00 e. The predicted molar refractivity (Wildman–Crippen MR) is 82.2 cm³/mol. The third kappa shape index (κ3) is 3.65. The van der Waals surface area contributed by atoms with Crippen molar-refractivity contribution in [3.63, 3.8) is 0 Å². The summed E-state index contributed by atoms with van der Waals surface area (Å²) < 4.78 is 2.62. The second-order valence-corrected chi connectivity index (χ2v) is 17.8. The fourth-order valence-electron chi connectivity index (χ4n) is 3.24. The van der Waals surface area contributed by atoms with Crippen LogP contribution in [-0.2, 0) is 16.6 Å². The molecule has 0 heterocycles. The summed E-state index contributed by atoms with van der Waals surface area (Å²) in [4.78, 5) is 0. The number of fused-ring (bicyclic) bond motifs is 1. The van der Waals surface area contributed by atoms with Crippen molar-refractivity contribution in [3.05, 3.63) is 63.1 Å². The fraction of sp³-hybridized carbons (Fsp3) is 0.294. The van der Waals surface area contributed by atoms with E-state index < -0.39 is 16.6 Å². The van der Waals surface area contributed by atoms with Crippen LogP contribution in [0.2, 0.25) is 13.1 Å². The summed E-state index contributed by atoms with van der Waals surface area (Å²) in [5, 5.41) is 0. The van der Waals surface area contributed by atoms with Crippen molar-refractivity contribution in [3.8, 4) is 0 Å². The standard InChI is InChI=1S/C9H7.C6H7.C2H6Si.2ClH.Ti/c1-2-5-9-7-3-6-8(9)4-1;1-6-4-2-3-5-6;1-3-2;;;/h1-7H;2,4H,3H2,1H3;1-2H3;2*1H;/q;;;;;+2/p-2. The minimum Gasteiger partial charge on any atom is -1.00 e. The van der Waals surface area contributed by atoms with Gasteiger partial charge >= 0.3 is 123 Å². The maximum atomic E-state index is 2.54. The van der Waals surface area contributed by atoms with Crippen LogP contribution in [0.15, 0.2) is 51.9 Å². The van der Waals surface area contributed by atoms with Crippen LogP contribution in [-0.4, -0.2) is 6.19 Å². The quantitative estimate of drug-likeness (QED) is 0.578. The van der Waals surface area contributed by atoms with Gasteiger partial charge in [-0.05, 0) is 0 Å². The Kier molecular flexibility index (Phi) is 7.23. The van der Waals surface area contributed by atoms with Crippen LogP contribution in [0.25, 0.3) is 6.08 Å². The molecule has 1 unspecified atom stereocenters. The Morgan fingerprint density at radius 3 is 2.43 bits per heavy atom. The minimum atomic E-state index is -1.20. The Labute approximate surface area is 146 Å². The van der Waals surface area contributed by atoms with Gasteiger partial charge in [0.2, 0.25) is 0 Å². The largest absolute Gasteiger partial charge is 1.00 e. The van der Waals surface area contributed by atoms with Crippen LogP contribution in [0.1, 0.15) is 28.7 Å². The third-order valence-corrected chi connectivity index (χ3v) is 16.5. The van der Waals surface area contributed by atoms with Crippen molar-refractivity contribution in [2.45, 2.75) is 30.7 Å². The summed E-state index contributed by atoms with van der Waals surface area (Å²) in [7, 11) is 0. The average molecular weight is 371 g/mol. The SMILES string of the molecule is CC1=[C]([Ti+2]([CH]2C=Cc3ccccc32)=[Si](C)C)CC=C1.[Cl-].[Cl-]. The number of halogens is 2. The molecule has 0 saturated heterocycles. The van der Waals surface area contributed by atoms with Crippen molar-refractivity contribution >= 4 is 12.3 Å². The van der Waals surface area contributed by atoms with E-state index in [0.29, 0.717) is 0 Å². The Morgan fingerprint density at radius 1 is 1.10 bits per heavy atom. The molecule has 2 aliphatic carbocycles. The Balaban J connectivity index is 0.00000110. The number of benzene rings is 1. The molecular formula is C17H20Cl2SiTi. The van der Waals surface area contributed by atoms with E-state index in [4.69, 9.17) is 0 Å². The summed E-state index contributed by atoms with van der Waals surface area (Å²) in [6.07, 6.45) is 10.6. The van der Waals surface area contributed by atoms with Crippen LogP contribution in [0, 0.1) is 0 Å². The molecule has 110 valence electrons. The molecule has 0 aromatic heterocycles. The zero-order valence-electron chi connectivity index (χ0n) is 12.7. The van der Waals surface area contributed by atoms with Crippen LogP contribution in [0.4, 0.5) is 0 Å². The molecule has 0 nitrogen and oxygen atoms in total. The van der Waals surface area contributed by atoms with Gasteiger partial charge in [-0.3, -0.25) is 0 Å². The molecule has 0 spiro atoms. The van der Waals surface area contributed by atoms with Gasteiger partial charge in [0, 0.05) is 0 Å². The van der Waals surface area contributed by atoms with Gasteiger partial charge in [0.15, 0.2) is 0 Å². The van der Waals surface area contributed by atoms with Gasteiger partial charge in [-0.15, -0.1) is 0 Å². The molecule has 0 N–H and O–H groups in total. The second kappa shape index (κ2) is 7.99. The molecule has 0 bridgehead atoms. The van der Waals surface area contributed by atoms with E-state index in [1.54, 1.807) is 11.1 Å². The molecule has 0 fully saturated rings. The maximum Gasteiger partial charge on any atom is -1.00 e. The molecule has 1 atom stereocenters. The van der Waals surface area contributed by atoms with Gasteiger partial charge in [0.25, 0.3) is 0 Å². The molecule has 1 aromatic carbocycles. The maximum absolute atomic E-state index is 2.54. The van der Waals surface area contributed by atoms with Crippen molar-refractivity contribution in [2.75, 3.05) is 0 Å². The zero-order chi connectivity index (χ0) is 13.4. The number of hydrogen-bond donors (Lipinski definition) is 0. The predicted octanol–water partition coefficient (Wildman–Crippen LogP) is -1.13. The Morgan fingerprint density at radius 2 is 1.81 bits per heavy atom. The normalized spacial score (nSPS) is 17.7. The van der Waals surface area contributed by atoms with Crippen LogP contribution < -0.4 is 24.8 Å². The molecule has 0 aliphatic heterocycles. The molecule has 2 aliphatic rings. The summed E-state index contributed by atoms with van der Waals surface area (Å²) in [6, 6.07) is 9.00. The number of hydrogen-bond acceptors (Lipinski definition) is 0. The number of allylic oxidation sites excluding steroid dienone is 5. The second-order valence-electron chi connectivity index (χ2n) is 5.65. The molecule has 1 aromatic rings. The summed E-state index contributed by atoms with van der Waals surface area (Å²) in [6.45, 7) is 7.39. The first-order chi connectivity index (χ1) is 9.18. The molecule has 3 rings (SSSR count). The van der Waals surface area contributed by atoms with Gasteiger partial charge in [-0.25, -0.2) is 0 Å². The van der Waals surface area contributed by atoms with E-state index in [1.165, 1.54) is 12.0 Å². The van der Waals surface area contributed by atoms with E-state index >= 15 is 0 Å². The summed E-state index contributed by atoms with van der Waals surface area (Å²) >= 11 is -1.20. The third-order valence-electron chi connectivity index (χ3n) is 4.14. The van der Waals surface area contributed by atoms with E-state index in [0.717, 1.165) is 4.22 Å². The summed E-state index contributed by atoms with van der Waals surface area (Å²) in [5.41, 5.74) is 4.65. The minimum absolute atomic E-state index is 0. The monoisotopic (exact) mass is 370 g/mol. The first-order valence-corrected chi connectivity index (χ1v) is 13.5. The van der Waals surface area contributed by atoms with Crippen LogP contribution in [0.5, 0.6) is 0 Å². The molecule has 21 heavy (non-hydrogen) atoms. The van der Waals surface area contributed by atoms with E-state index in [-0.39, 0.29) is 31.0 Å². The van der Waals surface area contributed by atoms with Crippen molar-refractivity contribution < 1.29 is 41.4 Å². The molecular weight excluding hydrogens is 351 g/mol. The number of rotatable bonds is 2. The van der Waals surface area contributed by atoms with Gasteiger partial charge < -0.3 is 24.8 Å².